The summed E-state index contributed by atoms with van der Waals surface area (Å²) in [6.45, 7) is 8.98. The molecule has 2 unspecified atom stereocenters. The predicted octanol–water partition coefficient (Wildman–Crippen LogP) is 4.28. The third kappa shape index (κ3) is 8.61. The fourth-order valence-electron chi connectivity index (χ4n) is 4.12. The largest absolute Gasteiger partial charge is 0.393 e. The monoisotopic (exact) mass is 474 g/mol. The van der Waals surface area contributed by atoms with Crippen LogP contribution in [0, 0.1) is 10.8 Å². The average molecular weight is 475 g/mol. The number of aliphatic hydroxyl groups excluding tert-OH is 2. The van der Waals surface area contributed by atoms with Crippen molar-refractivity contribution in [1.82, 2.24) is 0 Å². The van der Waals surface area contributed by atoms with Gasteiger partial charge in [0, 0.05) is 10.8 Å². The van der Waals surface area contributed by atoms with E-state index in [9.17, 15) is 30.0 Å². The molecule has 0 aliphatic heterocycles. The Morgan fingerprint density at radius 3 is 1.18 bits per heavy atom. The lowest BCUT2D eigenvalue weighted by Crippen LogP contribution is -2.60. The number of unbranched alkanes of at least 4 members (excludes halogenated alkanes) is 8. The molecule has 0 rings (SSSR count). The molecule has 0 saturated heterocycles. The summed E-state index contributed by atoms with van der Waals surface area (Å²) < 4.78 is 4.93. The molecule has 0 bridgehead atoms. The van der Waals surface area contributed by atoms with Crippen molar-refractivity contribution in [2.75, 3.05) is 13.2 Å². The molecular weight excluding hydrogens is 424 g/mol. The van der Waals surface area contributed by atoms with Crippen molar-refractivity contribution in [3.05, 3.63) is 0 Å². The van der Waals surface area contributed by atoms with E-state index < -0.39 is 47.2 Å². The van der Waals surface area contributed by atoms with Crippen molar-refractivity contribution >= 4 is 11.9 Å². The molecule has 0 aliphatic carbocycles. The molecule has 0 amide bonds. The van der Waals surface area contributed by atoms with Crippen LogP contribution in [0.25, 0.3) is 0 Å². The van der Waals surface area contributed by atoms with Gasteiger partial charge in [0.05, 0.1) is 13.2 Å². The molecule has 0 aliphatic rings. The number of hydrogen-bond acceptors (Lipinski definition) is 7. The lowest BCUT2D eigenvalue weighted by molar-refractivity contribution is -0.207. The highest BCUT2D eigenvalue weighted by atomic mass is 16.6. The standard InChI is InChI=1S/C26H50O7/c1-7-9-11-13-15-17-23(3,4)25(31,19-27)21(29)33-22(30)26(32,20-28)24(5,6)18-16-14-12-10-8-2/h27-28,31-32H,7-20H2,1-6H3. The highest BCUT2D eigenvalue weighted by Crippen LogP contribution is 2.40. The first kappa shape index (κ1) is 32.0. The van der Waals surface area contributed by atoms with Crippen LogP contribution in [-0.4, -0.2) is 56.8 Å². The summed E-state index contributed by atoms with van der Waals surface area (Å²) in [7, 11) is 0. The van der Waals surface area contributed by atoms with Gasteiger partial charge in [-0.2, -0.15) is 0 Å². The molecule has 7 nitrogen and oxygen atoms in total. The van der Waals surface area contributed by atoms with E-state index in [-0.39, 0.29) is 0 Å². The number of carbonyl (C=O) groups is 2. The number of aliphatic hydroxyl groups is 4. The molecule has 0 spiro atoms. The molecule has 7 heteroatoms. The molecule has 0 radical (unpaired) electrons. The summed E-state index contributed by atoms with van der Waals surface area (Å²) in [5.41, 5.74) is -6.74. The van der Waals surface area contributed by atoms with Gasteiger partial charge in [-0.05, 0) is 12.8 Å². The first-order chi connectivity index (χ1) is 15.3. The Morgan fingerprint density at radius 1 is 0.606 bits per heavy atom. The summed E-state index contributed by atoms with van der Waals surface area (Å²) in [6.07, 6.45) is 10.8. The maximum Gasteiger partial charge on any atom is 0.348 e. The Balaban J connectivity index is 5.32. The smallest absolute Gasteiger partial charge is 0.348 e. The van der Waals surface area contributed by atoms with Crippen LogP contribution in [-0.2, 0) is 14.3 Å². The minimum Gasteiger partial charge on any atom is -0.393 e. The van der Waals surface area contributed by atoms with Crippen molar-refractivity contribution in [3.63, 3.8) is 0 Å². The van der Waals surface area contributed by atoms with Gasteiger partial charge in [0.15, 0.2) is 11.2 Å². The maximum atomic E-state index is 12.9. The minimum atomic E-state index is -2.31. The van der Waals surface area contributed by atoms with Gasteiger partial charge >= 0.3 is 11.9 Å². The SMILES string of the molecule is CCCCCCCC(C)(C)C(O)(CO)C(=O)OC(=O)C(O)(CO)C(C)(C)CCCCCCC. The van der Waals surface area contributed by atoms with Crippen LogP contribution in [0.15, 0.2) is 0 Å². The lowest BCUT2D eigenvalue weighted by Gasteiger charge is -2.42. The maximum absolute atomic E-state index is 12.9. The minimum absolute atomic E-state index is 0.449. The molecule has 196 valence electrons. The summed E-state index contributed by atoms with van der Waals surface area (Å²) in [5.74, 6) is -2.61. The van der Waals surface area contributed by atoms with E-state index in [1.165, 1.54) is 0 Å². The van der Waals surface area contributed by atoms with Crippen molar-refractivity contribution in [3.8, 4) is 0 Å². The van der Waals surface area contributed by atoms with E-state index in [0.717, 1.165) is 64.2 Å². The second-order valence-corrected chi connectivity index (χ2v) is 10.8. The molecule has 4 N–H and O–H groups in total. The van der Waals surface area contributed by atoms with E-state index in [2.05, 4.69) is 13.8 Å². The van der Waals surface area contributed by atoms with E-state index in [0.29, 0.717) is 12.8 Å². The number of rotatable bonds is 18. The molecule has 0 fully saturated rings. The molecule has 0 aromatic rings. The normalized spacial score (nSPS) is 16.2. The molecule has 0 aromatic heterocycles. The molecule has 2 atom stereocenters. The number of esters is 2. The summed E-state index contributed by atoms with van der Waals surface area (Å²) >= 11 is 0. The van der Waals surface area contributed by atoms with Crippen molar-refractivity contribution in [2.24, 2.45) is 10.8 Å². The Bertz CT molecular complexity index is 537. The third-order valence-corrected chi connectivity index (χ3v) is 7.37. The summed E-state index contributed by atoms with van der Waals surface area (Å²) in [4.78, 5) is 25.7. The fourth-order valence-corrected chi connectivity index (χ4v) is 4.12. The number of hydrogen-bond donors (Lipinski definition) is 4. The Morgan fingerprint density at radius 2 is 0.909 bits per heavy atom. The van der Waals surface area contributed by atoms with Crippen molar-refractivity contribution in [1.29, 1.82) is 0 Å². The van der Waals surface area contributed by atoms with Crippen LogP contribution in [0.2, 0.25) is 0 Å². The van der Waals surface area contributed by atoms with Gasteiger partial charge in [0.2, 0.25) is 0 Å². The first-order valence-corrected chi connectivity index (χ1v) is 12.7. The van der Waals surface area contributed by atoms with Crippen molar-refractivity contribution < 1.29 is 34.8 Å². The van der Waals surface area contributed by atoms with Crippen LogP contribution in [0.3, 0.4) is 0 Å². The second kappa shape index (κ2) is 14.4. The van der Waals surface area contributed by atoms with Gasteiger partial charge in [0.1, 0.15) is 0 Å². The second-order valence-electron chi connectivity index (χ2n) is 10.8. The van der Waals surface area contributed by atoms with Crippen molar-refractivity contribution in [2.45, 2.75) is 130 Å². The van der Waals surface area contributed by atoms with Gasteiger partial charge in [-0.25, -0.2) is 9.59 Å². The van der Waals surface area contributed by atoms with Gasteiger partial charge in [-0.3, -0.25) is 0 Å². The number of carbonyl (C=O) groups excluding carboxylic acids is 2. The van der Waals surface area contributed by atoms with E-state index in [1.807, 2.05) is 0 Å². The third-order valence-electron chi connectivity index (χ3n) is 7.37. The van der Waals surface area contributed by atoms with Crippen LogP contribution in [0.4, 0.5) is 0 Å². The quantitative estimate of drug-likeness (QED) is 0.133. The van der Waals surface area contributed by atoms with Crippen LogP contribution in [0.1, 0.15) is 119 Å². The van der Waals surface area contributed by atoms with Gasteiger partial charge in [-0.15, -0.1) is 0 Å². The predicted molar refractivity (Wildman–Crippen MR) is 129 cm³/mol. The van der Waals surface area contributed by atoms with Crippen LogP contribution in [0.5, 0.6) is 0 Å². The molecule has 0 heterocycles. The van der Waals surface area contributed by atoms with E-state index in [1.54, 1.807) is 27.7 Å². The van der Waals surface area contributed by atoms with Crippen LogP contribution < -0.4 is 0 Å². The fraction of sp³-hybridized carbons (Fsp3) is 0.923. The Labute approximate surface area is 200 Å². The van der Waals surface area contributed by atoms with Gasteiger partial charge in [-0.1, -0.05) is 106 Å². The molecule has 0 saturated carbocycles. The summed E-state index contributed by atoms with van der Waals surface area (Å²) in [5, 5.41) is 41.8. The highest BCUT2D eigenvalue weighted by molar-refractivity contribution is 5.94. The zero-order chi connectivity index (χ0) is 25.8. The van der Waals surface area contributed by atoms with E-state index in [4.69, 9.17) is 4.74 Å². The Kier molecular flexibility index (Phi) is 14.0. The van der Waals surface area contributed by atoms with Gasteiger partial charge < -0.3 is 25.2 Å². The molecule has 0 aromatic carbocycles. The lowest BCUT2D eigenvalue weighted by atomic mass is 9.71. The molecule has 33 heavy (non-hydrogen) atoms. The summed E-state index contributed by atoms with van der Waals surface area (Å²) in [6, 6.07) is 0. The van der Waals surface area contributed by atoms with Crippen LogP contribution >= 0.6 is 0 Å². The zero-order valence-electron chi connectivity index (χ0n) is 21.9. The van der Waals surface area contributed by atoms with E-state index >= 15 is 0 Å². The number of ether oxygens (including phenoxy) is 1. The Hall–Kier alpha value is -1.02. The average Bonchev–Trinajstić information content (AvgIpc) is 2.76. The molecular formula is C26H50O7. The zero-order valence-corrected chi connectivity index (χ0v) is 21.9. The highest BCUT2D eigenvalue weighted by Gasteiger charge is 2.55. The topological polar surface area (TPSA) is 124 Å². The van der Waals surface area contributed by atoms with Gasteiger partial charge in [0.25, 0.3) is 0 Å². The first-order valence-electron chi connectivity index (χ1n) is 12.7.